The van der Waals surface area contributed by atoms with Crippen LogP contribution in [0.1, 0.15) is 39.5 Å². The van der Waals surface area contributed by atoms with Gasteiger partial charge in [0.15, 0.2) is 5.41 Å². The number of amides is 1. The monoisotopic (exact) mass is 550 g/mol. The number of hydrogen-bond acceptors (Lipinski definition) is 6. The summed E-state index contributed by atoms with van der Waals surface area (Å²) < 4.78 is 50.1. The van der Waals surface area contributed by atoms with Crippen molar-refractivity contribution >= 4 is 29.6 Å². The van der Waals surface area contributed by atoms with E-state index in [1.807, 2.05) is 6.07 Å². The Hall–Kier alpha value is -4.60. The lowest BCUT2D eigenvalue weighted by Crippen LogP contribution is -2.68. The SMILES string of the molecule is COC(=O)C1(C(=O)OC)CC(c2ccccc2)N(C(=O)c2ccc(C(F)(F)F)cc2)N2c3ccccc3C=CC21. The highest BCUT2D eigenvalue weighted by atomic mass is 19.4. The van der Waals surface area contributed by atoms with Crippen LogP contribution in [-0.2, 0) is 25.2 Å². The fraction of sp³-hybridized carbons (Fsp3) is 0.233. The molecule has 5 rings (SSSR count). The van der Waals surface area contributed by atoms with Gasteiger partial charge in [-0.3, -0.25) is 19.4 Å². The molecule has 2 aliphatic heterocycles. The van der Waals surface area contributed by atoms with E-state index in [1.54, 1.807) is 65.7 Å². The molecule has 206 valence electrons. The number of benzene rings is 3. The van der Waals surface area contributed by atoms with Crippen LogP contribution in [-0.4, -0.2) is 43.1 Å². The fourth-order valence-corrected chi connectivity index (χ4v) is 5.51. The van der Waals surface area contributed by atoms with Crippen LogP contribution in [0.15, 0.2) is 84.9 Å². The zero-order chi connectivity index (χ0) is 28.7. The molecule has 7 nitrogen and oxygen atoms in total. The Morgan fingerprint density at radius 1 is 0.850 bits per heavy atom. The van der Waals surface area contributed by atoms with Gasteiger partial charge in [-0.15, -0.1) is 0 Å². The van der Waals surface area contributed by atoms with Gasteiger partial charge in [0.1, 0.15) is 0 Å². The van der Waals surface area contributed by atoms with E-state index in [2.05, 4.69) is 0 Å². The van der Waals surface area contributed by atoms with Gasteiger partial charge in [-0.05, 0) is 41.5 Å². The first-order chi connectivity index (χ1) is 19.1. The first kappa shape index (κ1) is 27.0. The van der Waals surface area contributed by atoms with Crippen molar-refractivity contribution in [3.63, 3.8) is 0 Å². The number of para-hydroxylation sites is 1. The Morgan fingerprint density at radius 3 is 2.05 bits per heavy atom. The molecule has 3 aromatic carbocycles. The van der Waals surface area contributed by atoms with Gasteiger partial charge in [-0.2, -0.15) is 13.2 Å². The Kier molecular flexibility index (Phi) is 6.87. The number of fused-ring (bicyclic) bond motifs is 3. The third-order valence-electron chi connectivity index (χ3n) is 7.40. The summed E-state index contributed by atoms with van der Waals surface area (Å²) >= 11 is 0. The summed E-state index contributed by atoms with van der Waals surface area (Å²) in [4.78, 5) is 41.3. The molecule has 0 saturated carbocycles. The quantitative estimate of drug-likeness (QED) is 0.318. The third-order valence-corrected chi connectivity index (χ3v) is 7.40. The molecule has 40 heavy (non-hydrogen) atoms. The Bertz CT molecular complexity index is 1450. The van der Waals surface area contributed by atoms with Crippen LogP contribution in [0.25, 0.3) is 6.08 Å². The van der Waals surface area contributed by atoms with E-state index in [-0.39, 0.29) is 12.0 Å². The molecule has 2 aliphatic rings. The number of halogens is 3. The minimum atomic E-state index is -4.57. The average Bonchev–Trinajstić information content (AvgIpc) is 2.98. The molecule has 0 aromatic heterocycles. The van der Waals surface area contributed by atoms with E-state index in [4.69, 9.17) is 9.47 Å². The molecule has 0 spiro atoms. The average molecular weight is 551 g/mol. The first-order valence-electron chi connectivity index (χ1n) is 12.4. The molecule has 1 saturated heterocycles. The van der Waals surface area contributed by atoms with E-state index >= 15 is 0 Å². The minimum Gasteiger partial charge on any atom is -0.468 e. The second-order valence-electron chi connectivity index (χ2n) is 9.52. The highest BCUT2D eigenvalue weighted by molar-refractivity contribution is 6.04. The first-order valence-corrected chi connectivity index (χ1v) is 12.4. The van der Waals surface area contributed by atoms with Gasteiger partial charge in [-0.25, -0.2) is 5.01 Å². The number of carbonyl (C=O) groups is 3. The highest BCUT2D eigenvalue weighted by Gasteiger charge is 2.63. The van der Waals surface area contributed by atoms with Gasteiger partial charge < -0.3 is 9.47 Å². The van der Waals surface area contributed by atoms with E-state index in [0.29, 0.717) is 16.8 Å². The summed E-state index contributed by atoms with van der Waals surface area (Å²) in [6.07, 6.45) is -1.37. The van der Waals surface area contributed by atoms with Crippen molar-refractivity contribution in [3.05, 3.63) is 107 Å². The molecule has 1 amide bonds. The van der Waals surface area contributed by atoms with Crippen molar-refractivity contribution in [2.75, 3.05) is 19.2 Å². The van der Waals surface area contributed by atoms with Gasteiger partial charge in [-0.1, -0.05) is 60.7 Å². The van der Waals surface area contributed by atoms with Crippen LogP contribution in [0, 0.1) is 5.41 Å². The number of carbonyl (C=O) groups excluding carboxylic acids is 3. The number of anilines is 1. The lowest BCUT2D eigenvalue weighted by atomic mass is 9.70. The van der Waals surface area contributed by atoms with E-state index in [0.717, 1.165) is 24.3 Å². The molecule has 0 aliphatic carbocycles. The van der Waals surface area contributed by atoms with Gasteiger partial charge in [0.05, 0.1) is 37.6 Å². The van der Waals surface area contributed by atoms with Gasteiger partial charge >= 0.3 is 18.1 Å². The lowest BCUT2D eigenvalue weighted by molar-refractivity contribution is -0.175. The number of esters is 2. The number of hydrazine groups is 1. The Labute approximate surface area is 228 Å². The topological polar surface area (TPSA) is 76.2 Å². The predicted molar refractivity (Wildman–Crippen MR) is 140 cm³/mol. The predicted octanol–water partition coefficient (Wildman–Crippen LogP) is 5.44. The van der Waals surface area contributed by atoms with Crippen molar-refractivity contribution in [2.24, 2.45) is 5.41 Å². The standard InChI is InChI=1S/C30H25F3N2O5/c1-39-27(37)29(28(38)40-2)18-24(19-8-4-3-5-9-19)35(26(36)21-12-15-22(16-13-21)30(31,32)33)34-23-11-7-6-10-20(23)14-17-25(29)34/h3-17,24-25H,18H2,1-2H3. The van der Waals surface area contributed by atoms with Gasteiger partial charge in [0, 0.05) is 12.0 Å². The molecule has 1 fully saturated rings. The largest absolute Gasteiger partial charge is 0.468 e. The number of nitrogens with zero attached hydrogens (tertiary/aromatic N) is 2. The maximum Gasteiger partial charge on any atom is 0.416 e. The molecule has 2 unspecified atom stereocenters. The molecule has 3 aromatic rings. The summed E-state index contributed by atoms with van der Waals surface area (Å²) in [6.45, 7) is 0. The van der Waals surface area contributed by atoms with E-state index in [1.165, 1.54) is 19.2 Å². The summed E-state index contributed by atoms with van der Waals surface area (Å²) in [5.41, 5.74) is -0.921. The second kappa shape index (κ2) is 10.2. The molecule has 0 bridgehead atoms. The minimum absolute atomic E-state index is 0.00310. The zero-order valence-electron chi connectivity index (χ0n) is 21.6. The van der Waals surface area contributed by atoms with Crippen molar-refractivity contribution in [1.29, 1.82) is 0 Å². The molecule has 2 heterocycles. The maximum absolute atomic E-state index is 14.2. The van der Waals surface area contributed by atoms with Crippen LogP contribution >= 0.6 is 0 Å². The van der Waals surface area contributed by atoms with E-state index < -0.39 is 47.1 Å². The van der Waals surface area contributed by atoms with Gasteiger partial charge in [0.2, 0.25) is 0 Å². The summed E-state index contributed by atoms with van der Waals surface area (Å²) in [5.74, 6) is -2.28. The van der Waals surface area contributed by atoms with Crippen molar-refractivity contribution in [1.82, 2.24) is 5.01 Å². The van der Waals surface area contributed by atoms with Gasteiger partial charge in [0.25, 0.3) is 5.91 Å². The number of alkyl halides is 3. The van der Waals surface area contributed by atoms with Crippen molar-refractivity contribution < 1.29 is 37.0 Å². The normalized spacial score (nSPS) is 19.3. The number of methoxy groups -OCH3 is 2. The number of rotatable bonds is 4. The number of hydrogen-bond donors (Lipinski definition) is 0. The molecule has 0 N–H and O–H groups in total. The molecule has 0 radical (unpaired) electrons. The molecule has 10 heteroatoms. The smallest absolute Gasteiger partial charge is 0.416 e. The Balaban J connectivity index is 1.75. The van der Waals surface area contributed by atoms with Crippen LogP contribution in [0.4, 0.5) is 18.9 Å². The van der Waals surface area contributed by atoms with Crippen LogP contribution in [0.5, 0.6) is 0 Å². The Morgan fingerprint density at radius 2 is 1.45 bits per heavy atom. The van der Waals surface area contributed by atoms with E-state index in [9.17, 15) is 27.6 Å². The van der Waals surface area contributed by atoms with Crippen LogP contribution in [0.2, 0.25) is 0 Å². The molecule has 2 atom stereocenters. The number of ether oxygens (including phenoxy) is 2. The van der Waals surface area contributed by atoms with Crippen molar-refractivity contribution in [3.8, 4) is 0 Å². The van der Waals surface area contributed by atoms with Crippen molar-refractivity contribution in [2.45, 2.75) is 24.7 Å². The summed E-state index contributed by atoms with van der Waals surface area (Å²) in [5, 5.41) is 2.97. The second-order valence-corrected chi connectivity index (χ2v) is 9.52. The maximum atomic E-state index is 14.2. The summed E-state index contributed by atoms with van der Waals surface area (Å²) in [6, 6.07) is 17.9. The zero-order valence-corrected chi connectivity index (χ0v) is 21.6. The summed E-state index contributed by atoms with van der Waals surface area (Å²) in [7, 11) is 2.35. The molecular weight excluding hydrogens is 525 g/mol. The van der Waals surface area contributed by atoms with Crippen LogP contribution in [0.3, 0.4) is 0 Å². The lowest BCUT2D eigenvalue weighted by Gasteiger charge is -2.56. The molecular formula is C30H25F3N2O5. The van der Waals surface area contributed by atoms with Crippen LogP contribution < -0.4 is 5.01 Å². The highest BCUT2D eigenvalue weighted by Crippen LogP contribution is 2.51. The fourth-order valence-electron chi connectivity index (χ4n) is 5.51. The third kappa shape index (κ3) is 4.29.